The number of halogens is 1. The van der Waals surface area contributed by atoms with Crippen LogP contribution in [0.4, 0.5) is 4.79 Å². The monoisotopic (exact) mass is 736 g/mol. The van der Waals surface area contributed by atoms with E-state index in [1.165, 1.54) is 19.2 Å². The molecular weight excluding hydrogens is 692 g/mol. The number of ketones is 1. The molecule has 4 rings (SSSR count). The summed E-state index contributed by atoms with van der Waals surface area (Å²) < 4.78 is 43.2. The molecule has 0 radical (unpaired) electrons. The van der Waals surface area contributed by atoms with E-state index in [2.05, 4.69) is 39.7 Å². The molecule has 47 heavy (non-hydrogen) atoms. The molecule has 0 saturated heterocycles. The summed E-state index contributed by atoms with van der Waals surface area (Å²) in [6, 6.07) is 4.96. The normalized spacial score (nSPS) is 26.2. The molecule has 3 aliphatic rings. The zero-order valence-electron chi connectivity index (χ0n) is 26.8. The highest BCUT2D eigenvalue weighted by atomic mass is 79.9. The lowest BCUT2D eigenvalue weighted by molar-refractivity contribution is -0.147. The first kappa shape index (κ1) is 36.8. The minimum Gasteiger partial charge on any atom is -0.467 e. The minimum absolute atomic E-state index is 0.0679. The Morgan fingerprint density at radius 3 is 2.32 bits per heavy atom. The van der Waals surface area contributed by atoms with Gasteiger partial charge in [0.15, 0.2) is 5.78 Å². The quantitative estimate of drug-likeness (QED) is 0.0910. The van der Waals surface area contributed by atoms with Gasteiger partial charge in [0.25, 0.3) is 10.1 Å². The lowest BCUT2D eigenvalue weighted by Crippen LogP contribution is -2.51. The van der Waals surface area contributed by atoms with Crippen molar-refractivity contribution in [3.05, 3.63) is 54.0 Å². The Hall–Kier alpha value is -3.03. The second kappa shape index (κ2) is 16.4. The summed E-state index contributed by atoms with van der Waals surface area (Å²) in [6.45, 7) is 7.49. The molecule has 3 saturated carbocycles. The number of hydrogen-bond donors (Lipinski definition) is 2. The van der Waals surface area contributed by atoms with Gasteiger partial charge < -0.3 is 20.1 Å². The van der Waals surface area contributed by atoms with Crippen LogP contribution < -0.4 is 10.6 Å². The second-order valence-corrected chi connectivity index (χ2v) is 15.1. The van der Waals surface area contributed by atoms with Crippen molar-refractivity contribution in [1.29, 1.82) is 0 Å². The zero-order chi connectivity index (χ0) is 34.2. The molecule has 0 bridgehead atoms. The predicted octanol–water partition coefficient (Wildman–Crippen LogP) is 5.53. The third-order valence-corrected chi connectivity index (χ3v) is 11.3. The second-order valence-electron chi connectivity index (χ2n) is 12.6. The van der Waals surface area contributed by atoms with Gasteiger partial charge in [-0.2, -0.15) is 8.42 Å². The summed E-state index contributed by atoms with van der Waals surface area (Å²) >= 11 is 3.29. The number of unbranched alkanes of at least 4 members (excludes halogenated alkanes) is 3. The fraction of sp³-hybridized carbons (Fsp3) is 0.588. The number of carbonyl (C=O) groups excluding carboxylic acids is 4. The van der Waals surface area contributed by atoms with Crippen LogP contribution in [0.15, 0.2) is 58.9 Å². The number of Topliss-reactive ketones (excluding diaryl/α,β-unsaturated/α-hetero) is 1. The van der Waals surface area contributed by atoms with Crippen molar-refractivity contribution in [2.75, 3.05) is 7.11 Å². The lowest BCUT2D eigenvalue weighted by atomic mass is 9.85. The van der Waals surface area contributed by atoms with E-state index in [-0.39, 0.29) is 29.8 Å². The molecule has 258 valence electrons. The van der Waals surface area contributed by atoms with Crippen LogP contribution in [0.3, 0.4) is 0 Å². The maximum atomic E-state index is 14.3. The maximum absolute atomic E-state index is 14.3. The van der Waals surface area contributed by atoms with Gasteiger partial charge in [-0.3, -0.25) is 13.8 Å². The van der Waals surface area contributed by atoms with Gasteiger partial charge in [-0.05, 0) is 88.5 Å². The average molecular weight is 738 g/mol. The number of nitrogens with one attached hydrogen (secondary N) is 2. The lowest BCUT2D eigenvalue weighted by Gasteiger charge is -2.26. The van der Waals surface area contributed by atoms with Crippen molar-refractivity contribution in [1.82, 2.24) is 10.6 Å². The van der Waals surface area contributed by atoms with E-state index >= 15 is 0 Å². The first-order chi connectivity index (χ1) is 22.4. The Labute approximate surface area is 285 Å². The van der Waals surface area contributed by atoms with Crippen molar-refractivity contribution in [3.63, 3.8) is 0 Å². The fourth-order valence-corrected chi connectivity index (χ4v) is 8.06. The summed E-state index contributed by atoms with van der Waals surface area (Å²) in [7, 11) is -3.01. The van der Waals surface area contributed by atoms with Crippen molar-refractivity contribution in [2.45, 2.75) is 106 Å². The van der Waals surface area contributed by atoms with Gasteiger partial charge in [-0.15, -0.1) is 13.2 Å². The molecule has 1 unspecified atom stereocenters. The van der Waals surface area contributed by atoms with E-state index in [0.717, 1.165) is 44.9 Å². The molecule has 13 heteroatoms. The number of amides is 2. The highest BCUT2D eigenvalue weighted by molar-refractivity contribution is 9.10. The van der Waals surface area contributed by atoms with E-state index in [1.807, 2.05) is 6.08 Å². The standard InChI is InChI=1S/C34H45BrN2O9S/c1-4-6-7-8-9-14-29(36-33(41)45-24-12-10-11-13-24)30(38)27-19-25(46-47(42,43)26-17-15-23(35)16-18-26)20-28(27)31(39)37-34(32(40)44-3)21-22(34)5-2/h4-5,15-18,22,24-25,27-29H,1-2,6-14,19-21H2,3H3,(H,36,41)(H,37,39)/t22-,25-,27?,28-,29+,34-/m1/s1. The molecule has 11 nitrogen and oxygen atoms in total. The molecule has 0 aromatic heterocycles. The molecule has 6 atom stereocenters. The largest absolute Gasteiger partial charge is 0.467 e. The number of alkyl carbamates (subject to hydrolysis) is 1. The number of methoxy groups -OCH3 is 1. The third kappa shape index (κ3) is 9.32. The van der Waals surface area contributed by atoms with Crippen LogP contribution >= 0.6 is 15.9 Å². The number of benzene rings is 1. The molecule has 0 aliphatic heterocycles. The summed E-state index contributed by atoms with van der Waals surface area (Å²) in [5.41, 5.74) is -1.31. The van der Waals surface area contributed by atoms with Gasteiger partial charge in [0.05, 0.1) is 30.1 Å². The number of rotatable bonds is 17. The Bertz CT molecular complexity index is 1430. The Balaban J connectivity index is 1.57. The average Bonchev–Trinajstić information content (AvgIpc) is 3.31. The molecule has 0 spiro atoms. The highest BCUT2D eigenvalue weighted by Crippen LogP contribution is 2.46. The molecule has 2 N–H and O–H groups in total. The van der Waals surface area contributed by atoms with E-state index < -0.39 is 63.4 Å². The summed E-state index contributed by atoms with van der Waals surface area (Å²) in [5, 5.41) is 5.55. The number of allylic oxidation sites excluding steroid dienone is 1. The van der Waals surface area contributed by atoms with Crippen LogP contribution in [0.5, 0.6) is 0 Å². The van der Waals surface area contributed by atoms with E-state index in [9.17, 15) is 27.6 Å². The van der Waals surface area contributed by atoms with E-state index in [0.29, 0.717) is 23.7 Å². The van der Waals surface area contributed by atoms with Crippen LogP contribution in [0.2, 0.25) is 0 Å². The van der Waals surface area contributed by atoms with Gasteiger partial charge in [0.1, 0.15) is 11.6 Å². The topological polar surface area (TPSA) is 154 Å². The van der Waals surface area contributed by atoms with E-state index in [4.69, 9.17) is 13.7 Å². The SMILES string of the molecule is C=CCCCCC[C@H](NC(=O)OC1CCCC1)C(=O)C1C[C@@H](OS(=O)(=O)c2ccc(Br)cc2)C[C@H]1C(=O)N[C@]1(C(=O)OC)C[C@H]1C=C. The fourth-order valence-electron chi connectivity index (χ4n) is 6.70. The van der Waals surface area contributed by atoms with Gasteiger partial charge in [0, 0.05) is 16.3 Å². The highest BCUT2D eigenvalue weighted by Gasteiger charge is 2.62. The van der Waals surface area contributed by atoms with Crippen LogP contribution in [-0.2, 0) is 38.2 Å². The van der Waals surface area contributed by atoms with Crippen LogP contribution in [0.1, 0.15) is 77.0 Å². The maximum Gasteiger partial charge on any atom is 0.407 e. The number of hydrogen-bond acceptors (Lipinski definition) is 9. The first-order valence-corrected chi connectivity index (χ1v) is 18.5. The Morgan fingerprint density at radius 1 is 1.02 bits per heavy atom. The van der Waals surface area contributed by atoms with Gasteiger partial charge >= 0.3 is 12.1 Å². The number of ether oxygens (including phenoxy) is 2. The van der Waals surface area contributed by atoms with Crippen molar-refractivity contribution >= 4 is 49.8 Å². The van der Waals surface area contributed by atoms with Crippen LogP contribution in [0, 0.1) is 17.8 Å². The van der Waals surface area contributed by atoms with Crippen molar-refractivity contribution in [3.8, 4) is 0 Å². The third-order valence-electron chi connectivity index (χ3n) is 9.39. The summed E-state index contributed by atoms with van der Waals surface area (Å²) in [4.78, 5) is 53.7. The van der Waals surface area contributed by atoms with Gasteiger partial charge in [-0.25, -0.2) is 9.59 Å². The van der Waals surface area contributed by atoms with E-state index in [1.54, 1.807) is 18.2 Å². The number of carbonyl (C=O) groups is 4. The van der Waals surface area contributed by atoms with Crippen LogP contribution in [-0.4, -0.2) is 63.1 Å². The summed E-state index contributed by atoms with van der Waals surface area (Å²) in [6.07, 6.45) is 8.48. The Morgan fingerprint density at radius 2 is 1.70 bits per heavy atom. The van der Waals surface area contributed by atoms with Crippen molar-refractivity contribution in [2.24, 2.45) is 17.8 Å². The zero-order valence-corrected chi connectivity index (χ0v) is 29.2. The molecule has 1 aromatic rings. The van der Waals surface area contributed by atoms with Gasteiger partial charge in [-0.1, -0.05) is 40.9 Å². The predicted molar refractivity (Wildman–Crippen MR) is 178 cm³/mol. The molecule has 0 heterocycles. The smallest absolute Gasteiger partial charge is 0.407 e. The molecule has 3 aliphatic carbocycles. The van der Waals surface area contributed by atoms with Crippen molar-refractivity contribution < 1.29 is 41.3 Å². The molecular formula is C34H45BrN2O9S. The first-order valence-electron chi connectivity index (χ1n) is 16.3. The molecule has 2 amide bonds. The number of esters is 1. The van der Waals surface area contributed by atoms with Gasteiger partial charge in [0.2, 0.25) is 5.91 Å². The molecule has 1 aromatic carbocycles. The molecule has 3 fully saturated rings. The summed E-state index contributed by atoms with van der Waals surface area (Å²) in [5.74, 6) is -4.02. The minimum atomic E-state index is -4.24. The Kier molecular flexibility index (Phi) is 12.8. The van der Waals surface area contributed by atoms with Crippen LogP contribution in [0.25, 0.3) is 0 Å².